The van der Waals surface area contributed by atoms with Crippen LogP contribution in [-0.2, 0) is 9.53 Å². The number of piperidine rings is 1. The zero-order valence-electron chi connectivity index (χ0n) is 15.7. The number of nitrogens with one attached hydrogen (secondary N) is 1. The van der Waals surface area contributed by atoms with E-state index in [4.69, 9.17) is 21.1 Å². The molecule has 2 fully saturated rings. The summed E-state index contributed by atoms with van der Waals surface area (Å²) in [6, 6.07) is 3.60. The smallest absolute Gasteiger partial charge is 0.225 e. The maximum Gasteiger partial charge on any atom is 0.225 e. The summed E-state index contributed by atoms with van der Waals surface area (Å²) in [4.78, 5) is 18.9. The number of nitrogens with zero attached hydrogens (tertiary/aromatic N) is 2. The number of thiazole rings is 1. The third kappa shape index (κ3) is 3.90. The number of amides is 1. The van der Waals surface area contributed by atoms with E-state index in [9.17, 15) is 4.79 Å². The summed E-state index contributed by atoms with van der Waals surface area (Å²) in [7, 11) is 1.60. The van der Waals surface area contributed by atoms with E-state index in [1.807, 2.05) is 0 Å². The molecule has 1 N–H and O–H groups in total. The summed E-state index contributed by atoms with van der Waals surface area (Å²) in [5, 5.41) is 4.22. The molecular weight excluding hydrogens is 405 g/mol. The van der Waals surface area contributed by atoms with E-state index in [2.05, 4.69) is 15.2 Å². The third-order valence-electron chi connectivity index (χ3n) is 5.48. The SMILES string of the molecule is COc1ccc(Cl)c2sc(N3CCC(F)(CNC(=O)C4CCOC4)CC3)nc12. The normalized spacial score (nSPS) is 21.8. The van der Waals surface area contributed by atoms with E-state index in [1.165, 1.54) is 11.3 Å². The molecule has 0 saturated carbocycles. The number of carbonyl (C=O) groups excluding carboxylic acids is 1. The van der Waals surface area contributed by atoms with Gasteiger partial charge in [-0.05, 0) is 18.6 Å². The molecule has 3 heterocycles. The molecule has 9 heteroatoms. The summed E-state index contributed by atoms with van der Waals surface area (Å²) < 4.78 is 26.6. The summed E-state index contributed by atoms with van der Waals surface area (Å²) in [6.45, 7) is 2.17. The van der Waals surface area contributed by atoms with E-state index in [0.717, 1.165) is 15.3 Å². The van der Waals surface area contributed by atoms with Crippen LogP contribution in [0.15, 0.2) is 12.1 Å². The Hall–Kier alpha value is -1.64. The van der Waals surface area contributed by atoms with Crippen LogP contribution in [0.4, 0.5) is 9.52 Å². The van der Waals surface area contributed by atoms with Gasteiger partial charge in [-0.3, -0.25) is 4.79 Å². The zero-order chi connectivity index (χ0) is 19.7. The van der Waals surface area contributed by atoms with Gasteiger partial charge in [0.05, 0.1) is 35.9 Å². The first-order valence-electron chi connectivity index (χ1n) is 9.41. The Balaban J connectivity index is 1.39. The average molecular weight is 428 g/mol. The van der Waals surface area contributed by atoms with Gasteiger partial charge >= 0.3 is 0 Å². The molecule has 2 aromatic rings. The molecule has 4 rings (SSSR count). The van der Waals surface area contributed by atoms with Gasteiger partial charge in [-0.1, -0.05) is 22.9 Å². The van der Waals surface area contributed by atoms with Gasteiger partial charge < -0.3 is 19.7 Å². The highest BCUT2D eigenvalue weighted by molar-refractivity contribution is 7.22. The standard InChI is InChI=1S/C19H23ClFN3O3S/c1-26-14-3-2-13(20)16-15(14)23-18(28-16)24-7-5-19(21,6-8-24)11-22-17(25)12-4-9-27-10-12/h2-3,12H,4-11H2,1H3,(H,22,25). The minimum absolute atomic E-state index is 0.0513. The van der Waals surface area contributed by atoms with Crippen molar-refractivity contribution >= 4 is 44.2 Å². The molecule has 0 radical (unpaired) electrons. The Morgan fingerprint density at radius 2 is 2.29 bits per heavy atom. The number of methoxy groups -OCH3 is 1. The molecule has 1 amide bonds. The van der Waals surface area contributed by atoms with Gasteiger partial charge in [-0.2, -0.15) is 0 Å². The minimum atomic E-state index is -1.39. The Kier molecular flexibility index (Phi) is 5.62. The fourth-order valence-corrected chi connectivity index (χ4v) is 4.96. The van der Waals surface area contributed by atoms with Crippen LogP contribution < -0.4 is 15.0 Å². The number of hydrogen-bond acceptors (Lipinski definition) is 6. The second kappa shape index (κ2) is 8.00. The monoisotopic (exact) mass is 427 g/mol. The van der Waals surface area contributed by atoms with Crippen molar-refractivity contribution in [1.29, 1.82) is 0 Å². The van der Waals surface area contributed by atoms with Crippen LogP contribution >= 0.6 is 22.9 Å². The molecular formula is C19H23ClFN3O3S. The predicted octanol–water partition coefficient (Wildman–Crippen LogP) is 3.42. The number of hydrogen-bond donors (Lipinski definition) is 1. The lowest BCUT2D eigenvalue weighted by Crippen LogP contribution is -2.49. The van der Waals surface area contributed by atoms with E-state index in [1.54, 1.807) is 19.2 Å². The first-order chi connectivity index (χ1) is 13.5. The van der Waals surface area contributed by atoms with E-state index >= 15 is 4.39 Å². The Labute approximate surface area is 172 Å². The highest BCUT2D eigenvalue weighted by Crippen LogP contribution is 2.40. The van der Waals surface area contributed by atoms with Crippen LogP contribution in [-0.4, -0.2) is 56.5 Å². The van der Waals surface area contributed by atoms with Crippen molar-refractivity contribution in [3.05, 3.63) is 17.2 Å². The molecule has 152 valence electrons. The number of carbonyl (C=O) groups is 1. The van der Waals surface area contributed by atoms with Crippen LogP contribution in [0, 0.1) is 5.92 Å². The number of rotatable bonds is 5. The van der Waals surface area contributed by atoms with Crippen LogP contribution in [0.25, 0.3) is 10.2 Å². The average Bonchev–Trinajstić information content (AvgIpc) is 3.38. The van der Waals surface area contributed by atoms with Crippen LogP contribution in [0.3, 0.4) is 0 Å². The second-order valence-corrected chi connectivity index (χ2v) is 8.72. The largest absolute Gasteiger partial charge is 0.494 e. The molecule has 1 unspecified atom stereocenters. The van der Waals surface area contributed by atoms with Crippen molar-refractivity contribution < 1.29 is 18.7 Å². The quantitative estimate of drug-likeness (QED) is 0.792. The number of fused-ring (bicyclic) bond motifs is 1. The van der Waals surface area contributed by atoms with Crippen molar-refractivity contribution in [2.24, 2.45) is 5.92 Å². The van der Waals surface area contributed by atoms with Gasteiger partial charge in [0.2, 0.25) is 5.91 Å². The van der Waals surface area contributed by atoms with Crippen molar-refractivity contribution in [3.8, 4) is 5.75 Å². The lowest BCUT2D eigenvalue weighted by Gasteiger charge is -2.36. The first-order valence-corrected chi connectivity index (χ1v) is 10.6. The molecule has 1 atom stereocenters. The van der Waals surface area contributed by atoms with E-state index in [-0.39, 0.29) is 18.4 Å². The third-order valence-corrected chi connectivity index (χ3v) is 7.05. The van der Waals surface area contributed by atoms with Crippen molar-refractivity contribution in [3.63, 3.8) is 0 Å². The molecule has 2 saturated heterocycles. The molecule has 2 aliphatic heterocycles. The molecule has 0 aliphatic carbocycles. The zero-order valence-corrected chi connectivity index (χ0v) is 17.2. The number of halogens is 2. The van der Waals surface area contributed by atoms with Crippen LogP contribution in [0.5, 0.6) is 5.75 Å². The summed E-state index contributed by atoms with van der Waals surface area (Å²) in [6.07, 6.45) is 1.40. The molecule has 1 aromatic heterocycles. The van der Waals surface area contributed by atoms with Gasteiger partial charge in [0, 0.05) is 32.5 Å². The Bertz CT molecular complexity index is 863. The number of alkyl halides is 1. The van der Waals surface area contributed by atoms with Gasteiger partial charge in [0.1, 0.15) is 16.9 Å². The maximum absolute atomic E-state index is 15.2. The number of benzene rings is 1. The first kappa shape index (κ1) is 19.7. The molecule has 2 aliphatic rings. The lowest BCUT2D eigenvalue weighted by molar-refractivity contribution is -0.125. The van der Waals surface area contributed by atoms with Gasteiger partial charge in [-0.15, -0.1) is 0 Å². The Morgan fingerprint density at radius 3 is 2.96 bits per heavy atom. The molecule has 6 nitrogen and oxygen atoms in total. The molecule has 1 aromatic carbocycles. The van der Waals surface area contributed by atoms with Crippen LogP contribution in [0.2, 0.25) is 5.02 Å². The lowest BCUT2D eigenvalue weighted by atomic mass is 9.93. The highest BCUT2D eigenvalue weighted by Gasteiger charge is 2.36. The second-order valence-electron chi connectivity index (χ2n) is 7.34. The summed E-state index contributed by atoms with van der Waals surface area (Å²) in [5.74, 6) is 0.424. The number of aromatic nitrogens is 1. The predicted molar refractivity (Wildman–Crippen MR) is 108 cm³/mol. The van der Waals surface area contributed by atoms with Crippen molar-refractivity contribution in [1.82, 2.24) is 10.3 Å². The van der Waals surface area contributed by atoms with E-state index < -0.39 is 5.67 Å². The maximum atomic E-state index is 15.2. The fraction of sp³-hybridized carbons (Fsp3) is 0.579. The highest BCUT2D eigenvalue weighted by atomic mass is 35.5. The van der Waals surface area contributed by atoms with Gasteiger partial charge in [0.25, 0.3) is 0 Å². The summed E-state index contributed by atoms with van der Waals surface area (Å²) >= 11 is 7.79. The van der Waals surface area contributed by atoms with E-state index in [0.29, 0.717) is 56.3 Å². The summed E-state index contributed by atoms with van der Waals surface area (Å²) in [5.41, 5.74) is -0.657. The molecule has 0 bridgehead atoms. The van der Waals surface area contributed by atoms with Gasteiger partial charge in [-0.25, -0.2) is 9.37 Å². The minimum Gasteiger partial charge on any atom is -0.494 e. The fourth-order valence-electron chi connectivity index (χ4n) is 3.65. The van der Waals surface area contributed by atoms with Crippen molar-refractivity contribution in [2.45, 2.75) is 24.9 Å². The molecule has 0 spiro atoms. The molecule has 28 heavy (non-hydrogen) atoms. The van der Waals surface area contributed by atoms with Crippen molar-refractivity contribution in [2.75, 3.05) is 44.9 Å². The topological polar surface area (TPSA) is 63.7 Å². The van der Waals surface area contributed by atoms with Crippen LogP contribution in [0.1, 0.15) is 19.3 Å². The number of ether oxygens (including phenoxy) is 2. The van der Waals surface area contributed by atoms with Gasteiger partial charge in [0.15, 0.2) is 5.13 Å². The number of anilines is 1. The Morgan fingerprint density at radius 1 is 1.50 bits per heavy atom.